The van der Waals surface area contributed by atoms with Gasteiger partial charge in [0.2, 0.25) is 5.91 Å². The van der Waals surface area contributed by atoms with Crippen molar-refractivity contribution >= 4 is 35.0 Å². The van der Waals surface area contributed by atoms with Crippen LogP contribution in [0.25, 0.3) is 0 Å². The summed E-state index contributed by atoms with van der Waals surface area (Å²) in [5, 5.41) is 18.5. The molecule has 0 spiro atoms. The van der Waals surface area contributed by atoms with Crippen molar-refractivity contribution in [3.05, 3.63) is 28.8 Å². The fourth-order valence-electron chi connectivity index (χ4n) is 1.59. The zero-order valence-corrected chi connectivity index (χ0v) is 13.1. The molecule has 1 aromatic heterocycles. The third-order valence-electron chi connectivity index (χ3n) is 2.74. The Hall–Kier alpha value is -1.73. The van der Waals surface area contributed by atoms with Crippen molar-refractivity contribution in [2.24, 2.45) is 7.05 Å². The summed E-state index contributed by atoms with van der Waals surface area (Å²) >= 11 is 7.23. The Kier molecular flexibility index (Phi) is 5.08. The zero-order chi connectivity index (χ0) is 15.4. The SMILES string of the molecule is Cc1ccc(NC(=O)CCSc2c([O-])on[n+]2C)cc1Cl. The second-order valence-corrected chi connectivity index (χ2v) is 5.89. The highest BCUT2D eigenvalue weighted by atomic mass is 35.5. The number of thioether (sulfide) groups is 1. The molecule has 0 bridgehead atoms. The zero-order valence-electron chi connectivity index (χ0n) is 11.6. The Morgan fingerprint density at radius 2 is 2.33 bits per heavy atom. The number of hydrogen-bond acceptors (Lipinski definition) is 5. The van der Waals surface area contributed by atoms with Crippen LogP contribution in [0, 0.1) is 6.92 Å². The summed E-state index contributed by atoms with van der Waals surface area (Å²) in [6, 6.07) is 5.34. The fraction of sp³-hybridized carbons (Fsp3) is 0.308. The monoisotopic (exact) mass is 327 g/mol. The van der Waals surface area contributed by atoms with Gasteiger partial charge in [0.1, 0.15) is 0 Å². The predicted molar refractivity (Wildman–Crippen MR) is 77.3 cm³/mol. The van der Waals surface area contributed by atoms with Gasteiger partial charge in [0, 0.05) is 22.9 Å². The fourth-order valence-corrected chi connectivity index (χ4v) is 2.63. The minimum absolute atomic E-state index is 0.144. The molecule has 21 heavy (non-hydrogen) atoms. The van der Waals surface area contributed by atoms with E-state index in [1.54, 1.807) is 19.2 Å². The molecule has 0 aliphatic heterocycles. The van der Waals surface area contributed by atoms with Crippen LogP contribution in [0.1, 0.15) is 12.0 Å². The maximum absolute atomic E-state index is 11.8. The first-order valence-electron chi connectivity index (χ1n) is 6.19. The van der Waals surface area contributed by atoms with Gasteiger partial charge in [-0.05, 0) is 24.6 Å². The van der Waals surface area contributed by atoms with E-state index >= 15 is 0 Å². The quantitative estimate of drug-likeness (QED) is 0.667. The molecule has 2 rings (SSSR count). The van der Waals surface area contributed by atoms with Gasteiger partial charge < -0.3 is 14.9 Å². The first-order valence-corrected chi connectivity index (χ1v) is 7.55. The Morgan fingerprint density at radius 1 is 1.57 bits per heavy atom. The topological polar surface area (TPSA) is 82.1 Å². The minimum Gasteiger partial charge on any atom is -0.538 e. The number of carbonyl (C=O) groups excluding carboxylic acids is 1. The second kappa shape index (κ2) is 6.82. The summed E-state index contributed by atoms with van der Waals surface area (Å²) in [6.07, 6.45) is 0.265. The van der Waals surface area contributed by atoms with Crippen LogP contribution in [0.2, 0.25) is 5.02 Å². The molecule has 0 aliphatic carbocycles. The number of nitrogens with zero attached hydrogens (tertiary/aromatic N) is 2. The summed E-state index contributed by atoms with van der Waals surface area (Å²) in [7, 11) is 1.61. The van der Waals surface area contributed by atoms with Gasteiger partial charge >= 0.3 is 0 Å². The van der Waals surface area contributed by atoms with Crippen LogP contribution < -0.4 is 15.1 Å². The number of hydrogen-bond donors (Lipinski definition) is 1. The van der Waals surface area contributed by atoms with Gasteiger partial charge in [-0.15, -0.1) is 0 Å². The Bertz CT molecular complexity index is 641. The van der Waals surface area contributed by atoms with Crippen LogP contribution in [0.3, 0.4) is 0 Å². The number of carbonyl (C=O) groups is 1. The van der Waals surface area contributed by atoms with Gasteiger partial charge in [0.05, 0.1) is 5.27 Å². The first kappa shape index (κ1) is 15.7. The summed E-state index contributed by atoms with van der Waals surface area (Å²) in [6.45, 7) is 1.89. The van der Waals surface area contributed by atoms with Gasteiger partial charge in [-0.1, -0.05) is 34.1 Å². The van der Waals surface area contributed by atoms with Crippen LogP contribution in [0.15, 0.2) is 27.7 Å². The maximum Gasteiger partial charge on any atom is 0.290 e. The average Bonchev–Trinajstić information content (AvgIpc) is 2.74. The molecule has 1 heterocycles. The van der Waals surface area contributed by atoms with Gasteiger partial charge in [-0.2, -0.15) is 0 Å². The van der Waals surface area contributed by atoms with Crippen molar-refractivity contribution in [3.8, 4) is 5.95 Å². The van der Waals surface area contributed by atoms with E-state index < -0.39 is 5.95 Å². The van der Waals surface area contributed by atoms with Crippen molar-refractivity contribution in [1.82, 2.24) is 5.27 Å². The number of aryl methyl sites for hydroxylation is 2. The predicted octanol–water partition coefficient (Wildman–Crippen LogP) is 1.66. The Labute approximate surface area is 131 Å². The third-order valence-corrected chi connectivity index (χ3v) is 4.26. The smallest absolute Gasteiger partial charge is 0.290 e. The average molecular weight is 328 g/mol. The molecule has 2 aromatic rings. The molecule has 6 nitrogen and oxygen atoms in total. The number of benzene rings is 1. The molecule has 0 fully saturated rings. The lowest BCUT2D eigenvalue weighted by molar-refractivity contribution is -0.772. The molecule has 1 amide bonds. The number of nitrogens with one attached hydrogen (secondary N) is 1. The molecule has 0 saturated heterocycles. The van der Waals surface area contributed by atoms with E-state index in [1.807, 2.05) is 13.0 Å². The molecule has 0 radical (unpaired) electrons. The lowest BCUT2D eigenvalue weighted by Crippen LogP contribution is -2.32. The minimum atomic E-state index is -0.492. The van der Waals surface area contributed by atoms with E-state index in [1.165, 1.54) is 16.4 Å². The van der Waals surface area contributed by atoms with Crippen molar-refractivity contribution < 1.29 is 19.1 Å². The molecule has 0 unspecified atom stereocenters. The van der Waals surface area contributed by atoms with E-state index in [4.69, 9.17) is 11.6 Å². The van der Waals surface area contributed by atoms with E-state index in [0.29, 0.717) is 21.5 Å². The Balaban J connectivity index is 1.84. The van der Waals surface area contributed by atoms with Crippen LogP contribution in [0.4, 0.5) is 5.69 Å². The molecule has 0 aliphatic rings. The number of halogens is 1. The number of rotatable bonds is 5. The summed E-state index contributed by atoms with van der Waals surface area (Å²) in [5.74, 6) is -0.183. The summed E-state index contributed by atoms with van der Waals surface area (Å²) in [4.78, 5) is 11.8. The number of aromatic nitrogens is 2. The lowest BCUT2D eigenvalue weighted by atomic mass is 10.2. The third kappa shape index (κ3) is 4.12. The van der Waals surface area contributed by atoms with Gasteiger partial charge in [0.15, 0.2) is 13.0 Å². The molecule has 1 N–H and O–H groups in total. The summed E-state index contributed by atoms with van der Waals surface area (Å²) < 4.78 is 5.85. The number of anilines is 1. The molecule has 8 heteroatoms. The molecule has 0 atom stereocenters. The molecule has 0 saturated carbocycles. The molecular weight excluding hydrogens is 314 g/mol. The van der Waals surface area contributed by atoms with Gasteiger partial charge in [-0.3, -0.25) is 4.79 Å². The van der Waals surface area contributed by atoms with Crippen LogP contribution in [0.5, 0.6) is 5.95 Å². The van der Waals surface area contributed by atoms with Crippen LogP contribution in [-0.4, -0.2) is 16.9 Å². The van der Waals surface area contributed by atoms with Crippen LogP contribution >= 0.6 is 23.4 Å². The molecule has 1 aromatic carbocycles. The van der Waals surface area contributed by atoms with E-state index in [2.05, 4.69) is 15.1 Å². The van der Waals surface area contributed by atoms with Crippen molar-refractivity contribution in [2.45, 2.75) is 18.4 Å². The van der Waals surface area contributed by atoms with Gasteiger partial charge in [-0.25, -0.2) is 0 Å². The van der Waals surface area contributed by atoms with Crippen molar-refractivity contribution in [2.75, 3.05) is 11.1 Å². The standard InChI is InChI=1S/C13H14ClN3O3S/c1-8-3-4-9(7-10(8)14)15-11(18)5-6-21-12-13(19)20-16-17(12)2/h3-4,7H,5-6H2,1-2H3,(H-,15,16,18,19). The Morgan fingerprint density at radius 3 is 2.95 bits per heavy atom. The van der Waals surface area contributed by atoms with Crippen LogP contribution in [-0.2, 0) is 11.8 Å². The molecule has 112 valence electrons. The molecular formula is C13H14ClN3O3S. The van der Waals surface area contributed by atoms with E-state index in [-0.39, 0.29) is 12.3 Å². The number of amides is 1. The maximum atomic E-state index is 11.8. The second-order valence-electron chi connectivity index (χ2n) is 4.40. The van der Waals surface area contributed by atoms with Crippen molar-refractivity contribution in [1.29, 1.82) is 0 Å². The van der Waals surface area contributed by atoms with E-state index in [0.717, 1.165) is 5.56 Å². The normalized spacial score (nSPS) is 10.6. The van der Waals surface area contributed by atoms with Crippen molar-refractivity contribution in [3.63, 3.8) is 0 Å². The highest BCUT2D eigenvalue weighted by Gasteiger charge is 2.14. The first-order chi connectivity index (χ1) is 9.97. The summed E-state index contributed by atoms with van der Waals surface area (Å²) in [5.41, 5.74) is 1.61. The largest absolute Gasteiger partial charge is 0.538 e. The highest BCUT2D eigenvalue weighted by molar-refractivity contribution is 7.99. The van der Waals surface area contributed by atoms with Gasteiger partial charge in [0.25, 0.3) is 5.03 Å². The highest BCUT2D eigenvalue weighted by Crippen LogP contribution is 2.23. The lowest BCUT2D eigenvalue weighted by Gasteiger charge is -2.06. The van der Waals surface area contributed by atoms with E-state index in [9.17, 15) is 9.90 Å².